The molecule has 2 aliphatic heterocycles. The largest absolute Gasteiger partial charge is 0.491 e. The molecule has 2 fully saturated rings. The minimum Gasteiger partial charge on any atom is -0.491 e. The van der Waals surface area contributed by atoms with E-state index in [1.165, 1.54) is 12.8 Å². The lowest BCUT2D eigenvalue weighted by atomic mass is 9.89. The van der Waals surface area contributed by atoms with Crippen molar-refractivity contribution in [2.24, 2.45) is 5.92 Å². The van der Waals surface area contributed by atoms with E-state index in [1.54, 1.807) is 0 Å². The minimum absolute atomic E-state index is 0. The van der Waals surface area contributed by atoms with Gasteiger partial charge in [-0.05, 0) is 49.3 Å². The highest BCUT2D eigenvalue weighted by molar-refractivity contribution is 5.85. The fraction of sp³-hybridized carbons (Fsp3) is 0.435. The van der Waals surface area contributed by atoms with E-state index in [2.05, 4.69) is 10.6 Å². The molecule has 3 unspecified atom stereocenters. The van der Waals surface area contributed by atoms with E-state index in [4.69, 9.17) is 4.74 Å². The van der Waals surface area contributed by atoms with Crippen LogP contribution in [0.15, 0.2) is 60.7 Å². The number of piperidine rings is 1. The fourth-order valence-electron chi connectivity index (χ4n) is 4.46. The Balaban J connectivity index is 0.00000225. The third-order valence-corrected chi connectivity index (χ3v) is 5.74. The monoisotopic (exact) mass is 400 g/mol. The molecule has 2 N–H and O–H groups in total. The molecule has 2 heterocycles. The lowest BCUT2D eigenvalue weighted by Gasteiger charge is -2.29. The van der Waals surface area contributed by atoms with E-state index in [1.807, 2.05) is 60.7 Å². The van der Waals surface area contributed by atoms with Crippen molar-refractivity contribution in [3.63, 3.8) is 0 Å². The Hall–Kier alpha value is -2.04. The van der Waals surface area contributed by atoms with E-state index in [-0.39, 0.29) is 24.4 Å². The van der Waals surface area contributed by atoms with Crippen molar-refractivity contribution in [2.45, 2.75) is 50.2 Å². The molecule has 0 aliphatic carbocycles. The van der Waals surface area contributed by atoms with Crippen LogP contribution in [0.2, 0.25) is 0 Å². The van der Waals surface area contributed by atoms with Gasteiger partial charge in [-0.2, -0.15) is 0 Å². The molecule has 4 nitrogen and oxygen atoms in total. The number of rotatable bonds is 7. The van der Waals surface area contributed by atoms with Crippen LogP contribution in [-0.4, -0.2) is 24.6 Å². The van der Waals surface area contributed by atoms with Gasteiger partial charge in [0.1, 0.15) is 12.4 Å². The molecule has 2 aromatic carbocycles. The Morgan fingerprint density at radius 1 is 1.00 bits per heavy atom. The Morgan fingerprint density at radius 2 is 1.61 bits per heavy atom. The summed E-state index contributed by atoms with van der Waals surface area (Å²) in [6.45, 7) is 0.428. The number of ether oxygens (including phenoxy) is 1. The summed E-state index contributed by atoms with van der Waals surface area (Å²) < 4.78 is 5.93. The highest BCUT2D eigenvalue weighted by Gasteiger charge is 2.34. The number of carbonyl (C=O) groups is 1. The Labute approximate surface area is 173 Å². The van der Waals surface area contributed by atoms with Gasteiger partial charge in [-0.1, -0.05) is 48.5 Å². The first-order valence-electron chi connectivity index (χ1n) is 10.0. The number of carbonyl (C=O) groups excluding carboxylic acids is 1. The van der Waals surface area contributed by atoms with Gasteiger partial charge in [-0.25, -0.2) is 0 Å². The Kier molecular flexibility index (Phi) is 7.35. The van der Waals surface area contributed by atoms with Gasteiger partial charge in [0, 0.05) is 18.5 Å². The van der Waals surface area contributed by atoms with Crippen molar-refractivity contribution in [1.82, 2.24) is 10.6 Å². The van der Waals surface area contributed by atoms with Crippen LogP contribution < -0.4 is 15.4 Å². The molecule has 0 spiro atoms. The molecule has 5 heteroatoms. The van der Waals surface area contributed by atoms with Gasteiger partial charge in [0.05, 0.1) is 6.04 Å². The molecule has 0 saturated carbocycles. The summed E-state index contributed by atoms with van der Waals surface area (Å²) in [5.41, 5.74) is 1.08. The minimum atomic E-state index is -0.141. The van der Waals surface area contributed by atoms with Crippen molar-refractivity contribution in [3.05, 3.63) is 66.2 Å². The topological polar surface area (TPSA) is 50.4 Å². The Bertz CT molecular complexity index is 729. The number of hydrogen-bond acceptors (Lipinski definition) is 3. The molecular formula is C23H29ClN2O2. The maximum Gasteiger partial charge on any atom is 0.220 e. The van der Waals surface area contributed by atoms with Crippen LogP contribution in [0, 0.1) is 5.92 Å². The van der Waals surface area contributed by atoms with Gasteiger partial charge in [-0.15, -0.1) is 12.4 Å². The number of fused-ring (bicyclic) bond motifs is 2. The summed E-state index contributed by atoms with van der Waals surface area (Å²) in [5.74, 6) is 1.45. The van der Waals surface area contributed by atoms with Gasteiger partial charge < -0.3 is 15.4 Å². The zero-order valence-electron chi connectivity index (χ0n) is 16.1. The molecule has 2 bridgehead atoms. The number of para-hydroxylation sites is 1. The van der Waals surface area contributed by atoms with Crippen molar-refractivity contribution in [2.75, 3.05) is 6.61 Å². The van der Waals surface area contributed by atoms with Crippen LogP contribution in [0.5, 0.6) is 5.75 Å². The molecule has 2 aromatic rings. The second-order valence-corrected chi connectivity index (χ2v) is 7.83. The second-order valence-electron chi connectivity index (χ2n) is 7.83. The van der Waals surface area contributed by atoms with Crippen molar-refractivity contribution in [3.8, 4) is 5.75 Å². The van der Waals surface area contributed by atoms with Gasteiger partial charge in [0.2, 0.25) is 5.91 Å². The predicted octanol–water partition coefficient (Wildman–Crippen LogP) is 4.27. The first-order valence-corrected chi connectivity index (χ1v) is 10.0. The summed E-state index contributed by atoms with van der Waals surface area (Å²) >= 11 is 0. The molecule has 1 amide bonds. The van der Waals surface area contributed by atoms with Crippen LogP contribution >= 0.6 is 12.4 Å². The normalized spacial score (nSPS) is 24.1. The SMILES string of the molecule is Cl.O=C(CC1CC2CCC(C1)N2)NC(COc1ccccc1)c1ccccc1. The average molecular weight is 401 g/mol. The third kappa shape index (κ3) is 5.49. The van der Waals surface area contributed by atoms with Crippen LogP contribution in [-0.2, 0) is 4.79 Å². The first kappa shape index (κ1) is 20.7. The summed E-state index contributed by atoms with van der Waals surface area (Å²) in [6, 6.07) is 20.9. The lowest BCUT2D eigenvalue weighted by molar-refractivity contribution is -0.123. The van der Waals surface area contributed by atoms with Crippen molar-refractivity contribution < 1.29 is 9.53 Å². The zero-order chi connectivity index (χ0) is 18.5. The van der Waals surface area contributed by atoms with Gasteiger partial charge in [-0.3, -0.25) is 4.79 Å². The number of halogens is 1. The number of nitrogens with one attached hydrogen (secondary N) is 2. The fourth-order valence-corrected chi connectivity index (χ4v) is 4.46. The van der Waals surface area contributed by atoms with E-state index < -0.39 is 0 Å². The smallest absolute Gasteiger partial charge is 0.220 e. The van der Waals surface area contributed by atoms with E-state index in [9.17, 15) is 4.79 Å². The summed E-state index contributed by atoms with van der Waals surface area (Å²) in [4.78, 5) is 12.8. The second kappa shape index (κ2) is 9.94. The zero-order valence-corrected chi connectivity index (χ0v) is 16.9. The Morgan fingerprint density at radius 3 is 2.25 bits per heavy atom. The van der Waals surface area contributed by atoms with E-state index in [0.29, 0.717) is 31.0 Å². The molecular weight excluding hydrogens is 372 g/mol. The summed E-state index contributed by atoms with van der Waals surface area (Å²) in [7, 11) is 0. The standard InChI is InChI=1S/C23H28N2O2.ClH/c26-23(15-17-13-19-11-12-20(14-17)24-19)25-22(18-7-3-1-4-8-18)16-27-21-9-5-2-6-10-21;/h1-10,17,19-20,22,24H,11-16H2,(H,25,26);1H. The van der Waals surface area contributed by atoms with Crippen LogP contribution in [0.25, 0.3) is 0 Å². The van der Waals surface area contributed by atoms with Crippen LogP contribution in [0.1, 0.15) is 43.7 Å². The highest BCUT2D eigenvalue weighted by Crippen LogP contribution is 2.32. The quantitative estimate of drug-likeness (QED) is 0.729. The van der Waals surface area contributed by atoms with E-state index in [0.717, 1.165) is 24.2 Å². The molecule has 2 aliphatic rings. The molecule has 0 aromatic heterocycles. The molecule has 2 saturated heterocycles. The van der Waals surface area contributed by atoms with Gasteiger partial charge in [0.15, 0.2) is 0 Å². The third-order valence-electron chi connectivity index (χ3n) is 5.74. The molecule has 150 valence electrons. The van der Waals surface area contributed by atoms with Crippen molar-refractivity contribution >= 4 is 18.3 Å². The summed E-state index contributed by atoms with van der Waals surface area (Å²) in [6.07, 6.45) is 5.39. The number of amides is 1. The summed E-state index contributed by atoms with van der Waals surface area (Å²) in [5, 5.41) is 6.86. The molecule has 0 radical (unpaired) electrons. The van der Waals surface area contributed by atoms with Crippen molar-refractivity contribution in [1.29, 1.82) is 0 Å². The maximum atomic E-state index is 12.8. The van der Waals surface area contributed by atoms with Crippen LogP contribution in [0.3, 0.4) is 0 Å². The average Bonchev–Trinajstić information content (AvgIpc) is 3.04. The molecule has 28 heavy (non-hydrogen) atoms. The first-order chi connectivity index (χ1) is 13.3. The lowest BCUT2D eigenvalue weighted by Crippen LogP contribution is -2.40. The molecule has 4 rings (SSSR count). The van der Waals surface area contributed by atoms with Gasteiger partial charge in [0.25, 0.3) is 0 Å². The number of hydrogen-bond donors (Lipinski definition) is 2. The van der Waals surface area contributed by atoms with E-state index >= 15 is 0 Å². The van der Waals surface area contributed by atoms with Crippen LogP contribution in [0.4, 0.5) is 0 Å². The van der Waals surface area contributed by atoms with Gasteiger partial charge >= 0.3 is 0 Å². The maximum absolute atomic E-state index is 12.8. The number of benzene rings is 2. The predicted molar refractivity (Wildman–Crippen MR) is 114 cm³/mol. The highest BCUT2D eigenvalue weighted by atomic mass is 35.5. The molecule has 3 atom stereocenters.